The summed E-state index contributed by atoms with van der Waals surface area (Å²) in [4.78, 5) is 13.3. The maximum Gasteiger partial charge on any atom is 0.414 e. The number of benzene rings is 1. The first-order valence-electron chi connectivity index (χ1n) is 5.35. The van der Waals surface area contributed by atoms with Gasteiger partial charge in [0.25, 0.3) is 0 Å². The molecule has 3 nitrogen and oxygen atoms in total. The summed E-state index contributed by atoms with van der Waals surface area (Å²) in [7, 11) is 0. The van der Waals surface area contributed by atoms with E-state index in [2.05, 4.69) is 0 Å². The molecule has 0 aliphatic carbocycles. The Morgan fingerprint density at radius 2 is 2.06 bits per heavy atom. The molecule has 88 valence electrons. The fraction of sp³-hybridized carbons (Fsp3) is 0.417. The molecule has 16 heavy (non-hydrogen) atoms. The number of amides is 1. The number of hydrogen-bond acceptors (Lipinski definition) is 2. The fourth-order valence-electron chi connectivity index (χ4n) is 1.35. The van der Waals surface area contributed by atoms with Crippen molar-refractivity contribution in [2.45, 2.75) is 13.3 Å². The average Bonchev–Trinajstić information content (AvgIpc) is 2.31. The topological polar surface area (TPSA) is 29.5 Å². The normalized spacial score (nSPS) is 9.88. The van der Waals surface area contributed by atoms with Crippen LogP contribution in [-0.4, -0.2) is 25.1 Å². The summed E-state index contributed by atoms with van der Waals surface area (Å²) in [6.07, 6.45) is 0.425. The zero-order chi connectivity index (χ0) is 11.8. The molecule has 0 radical (unpaired) electrons. The Bertz CT molecular complexity index is 316. The van der Waals surface area contributed by atoms with Gasteiger partial charge in [-0.1, -0.05) is 18.2 Å². The van der Waals surface area contributed by atoms with Crippen LogP contribution in [0.4, 0.5) is 10.5 Å². The van der Waals surface area contributed by atoms with Crippen LogP contribution in [0.25, 0.3) is 0 Å². The highest BCUT2D eigenvalue weighted by Crippen LogP contribution is 2.15. The van der Waals surface area contributed by atoms with Crippen LogP contribution < -0.4 is 4.90 Å². The highest BCUT2D eigenvalue weighted by atomic mass is 35.5. The Balaban J connectivity index is 2.74. The average molecular weight is 242 g/mol. The van der Waals surface area contributed by atoms with Gasteiger partial charge in [0.2, 0.25) is 0 Å². The number of nitrogens with zero attached hydrogens (tertiary/aromatic N) is 1. The number of alkyl halides is 1. The van der Waals surface area contributed by atoms with Crippen molar-refractivity contribution in [1.29, 1.82) is 0 Å². The first-order chi connectivity index (χ1) is 7.79. The standard InChI is InChI=1S/C12H16ClNO2/c1-2-16-12(15)14(10-6-9-13)11-7-4-3-5-8-11/h3-5,7-8H,2,6,9-10H2,1H3. The van der Waals surface area contributed by atoms with Gasteiger partial charge in [0.05, 0.1) is 6.61 Å². The highest BCUT2D eigenvalue weighted by Gasteiger charge is 2.15. The zero-order valence-corrected chi connectivity index (χ0v) is 10.1. The van der Waals surface area contributed by atoms with Crippen molar-refractivity contribution in [3.05, 3.63) is 30.3 Å². The van der Waals surface area contributed by atoms with Crippen LogP contribution >= 0.6 is 11.6 Å². The number of halogens is 1. The zero-order valence-electron chi connectivity index (χ0n) is 9.36. The second kappa shape index (κ2) is 7.12. The summed E-state index contributed by atoms with van der Waals surface area (Å²) in [5.41, 5.74) is 0.839. The van der Waals surface area contributed by atoms with Crippen LogP contribution in [0.2, 0.25) is 0 Å². The van der Waals surface area contributed by atoms with Crippen LogP contribution in [0.15, 0.2) is 30.3 Å². The van der Waals surface area contributed by atoms with Crippen LogP contribution in [0, 0.1) is 0 Å². The van der Waals surface area contributed by atoms with Crippen LogP contribution in [0.3, 0.4) is 0 Å². The second-order valence-electron chi connectivity index (χ2n) is 3.23. The van der Waals surface area contributed by atoms with Crippen molar-refractivity contribution in [1.82, 2.24) is 0 Å². The molecule has 4 heteroatoms. The summed E-state index contributed by atoms with van der Waals surface area (Å²) in [6, 6.07) is 9.45. The van der Waals surface area contributed by atoms with E-state index in [0.717, 1.165) is 12.1 Å². The minimum Gasteiger partial charge on any atom is -0.449 e. The van der Waals surface area contributed by atoms with E-state index in [9.17, 15) is 4.79 Å². The number of para-hydroxylation sites is 1. The van der Waals surface area contributed by atoms with E-state index in [0.29, 0.717) is 19.0 Å². The molecule has 0 aliphatic heterocycles. The molecular weight excluding hydrogens is 226 g/mol. The molecule has 0 saturated heterocycles. The lowest BCUT2D eigenvalue weighted by atomic mass is 10.3. The maximum absolute atomic E-state index is 11.7. The van der Waals surface area contributed by atoms with Gasteiger partial charge in [-0.15, -0.1) is 11.6 Å². The molecule has 0 atom stereocenters. The molecule has 0 aliphatic rings. The van der Waals surface area contributed by atoms with Gasteiger partial charge in [0.1, 0.15) is 0 Å². The van der Waals surface area contributed by atoms with Crippen molar-refractivity contribution >= 4 is 23.4 Å². The fourth-order valence-corrected chi connectivity index (χ4v) is 1.47. The van der Waals surface area contributed by atoms with Gasteiger partial charge in [0, 0.05) is 18.1 Å². The lowest BCUT2D eigenvalue weighted by Gasteiger charge is -2.21. The Morgan fingerprint density at radius 3 is 2.62 bits per heavy atom. The third-order valence-corrected chi connectivity index (χ3v) is 2.34. The Morgan fingerprint density at radius 1 is 1.38 bits per heavy atom. The van der Waals surface area contributed by atoms with E-state index < -0.39 is 0 Å². The molecule has 1 aromatic rings. The number of hydrogen-bond donors (Lipinski definition) is 0. The molecule has 0 fully saturated rings. The number of anilines is 1. The summed E-state index contributed by atoms with van der Waals surface area (Å²) in [5.74, 6) is 0.530. The summed E-state index contributed by atoms with van der Waals surface area (Å²) < 4.78 is 5.00. The first kappa shape index (κ1) is 12.8. The number of carbonyl (C=O) groups excluding carboxylic acids is 1. The second-order valence-corrected chi connectivity index (χ2v) is 3.61. The van der Waals surface area contributed by atoms with Gasteiger partial charge in [-0.25, -0.2) is 4.79 Å². The molecule has 0 saturated carbocycles. The molecule has 0 aromatic heterocycles. The highest BCUT2D eigenvalue weighted by molar-refractivity contribution is 6.17. The predicted octanol–water partition coefficient (Wildman–Crippen LogP) is 3.28. The maximum atomic E-state index is 11.7. The summed E-state index contributed by atoms with van der Waals surface area (Å²) >= 11 is 5.64. The first-order valence-corrected chi connectivity index (χ1v) is 5.88. The minimum absolute atomic E-state index is 0.321. The summed E-state index contributed by atoms with van der Waals surface area (Å²) in [6.45, 7) is 2.75. The lowest BCUT2D eigenvalue weighted by Crippen LogP contribution is -2.32. The van der Waals surface area contributed by atoms with Crippen molar-refractivity contribution in [2.24, 2.45) is 0 Å². The van der Waals surface area contributed by atoms with Crippen molar-refractivity contribution in [3.8, 4) is 0 Å². The van der Waals surface area contributed by atoms with Gasteiger partial charge in [-0.05, 0) is 25.5 Å². The van der Waals surface area contributed by atoms with Gasteiger partial charge in [0.15, 0.2) is 0 Å². The molecule has 1 rings (SSSR count). The van der Waals surface area contributed by atoms with E-state index in [1.165, 1.54) is 0 Å². The van der Waals surface area contributed by atoms with Crippen LogP contribution in [0.5, 0.6) is 0 Å². The van der Waals surface area contributed by atoms with E-state index in [-0.39, 0.29) is 6.09 Å². The Hall–Kier alpha value is -1.22. The number of carbonyl (C=O) groups is 1. The third-order valence-electron chi connectivity index (χ3n) is 2.07. The van der Waals surface area contributed by atoms with Crippen molar-refractivity contribution < 1.29 is 9.53 Å². The van der Waals surface area contributed by atoms with Gasteiger partial charge in [-0.2, -0.15) is 0 Å². The molecule has 1 aromatic carbocycles. The SMILES string of the molecule is CCOC(=O)N(CCCCl)c1ccccc1. The quantitative estimate of drug-likeness (QED) is 0.741. The van der Waals surface area contributed by atoms with E-state index in [4.69, 9.17) is 16.3 Å². The van der Waals surface area contributed by atoms with Crippen molar-refractivity contribution in [2.75, 3.05) is 23.9 Å². The molecule has 1 amide bonds. The minimum atomic E-state index is -0.321. The molecule has 0 bridgehead atoms. The molecule has 0 N–H and O–H groups in total. The van der Waals surface area contributed by atoms with Crippen LogP contribution in [-0.2, 0) is 4.74 Å². The van der Waals surface area contributed by atoms with Crippen molar-refractivity contribution in [3.63, 3.8) is 0 Å². The monoisotopic (exact) mass is 241 g/mol. The van der Waals surface area contributed by atoms with E-state index >= 15 is 0 Å². The number of rotatable bonds is 5. The molecular formula is C12H16ClNO2. The van der Waals surface area contributed by atoms with Gasteiger partial charge in [-0.3, -0.25) is 4.90 Å². The molecule has 0 unspecified atom stereocenters. The summed E-state index contributed by atoms with van der Waals surface area (Å²) in [5, 5.41) is 0. The van der Waals surface area contributed by atoms with E-state index in [1.807, 2.05) is 30.3 Å². The van der Waals surface area contributed by atoms with E-state index in [1.54, 1.807) is 11.8 Å². The largest absolute Gasteiger partial charge is 0.449 e. The predicted molar refractivity (Wildman–Crippen MR) is 66.1 cm³/mol. The van der Waals surface area contributed by atoms with Gasteiger partial charge < -0.3 is 4.74 Å². The lowest BCUT2D eigenvalue weighted by molar-refractivity contribution is 0.159. The molecule has 0 spiro atoms. The molecule has 0 heterocycles. The number of ether oxygens (including phenoxy) is 1. The Labute approximate surface area is 101 Å². The van der Waals surface area contributed by atoms with Gasteiger partial charge >= 0.3 is 6.09 Å². The smallest absolute Gasteiger partial charge is 0.414 e. The van der Waals surface area contributed by atoms with Crippen LogP contribution in [0.1, 0.15) is 13.3 Å². The Kier molecular flexibility index (Phi) is 5.72. The third kappa shape index (κ3) is 3.74.